The van der Waals surface area contributed by atoms with Crippen molar-refractivity contribution in [3.63, 3.8) is 0 Å². The van der Waals surface area contributed by atoms with Crippen molar-refractivity contribution < 1.29 is 0 Å². The molecule has 0 aliphatic carbocycles. The maximum atomic E-state index is 3.51. The third-order valence-electron chi connectivity index (χ3n) is 3.07. The average Bonchev–Trinajstić information content (AvgIpc) is 2.04. The summed E-state index contributed by atoms with van der Waals surface area (Å²) < 4.78 is 0. The van der Waals surface area contributed by atoms with Crippen LogP contribution in [0, 0.1) is 5.92 Å². The Morgan fingerprint density at radius 2 is 2.08 bits per heavy atom. The molecule has 1 aliphatic rings. The summed E-state index contributed by atoms with van der Waals surface area (Å²) in [6.07, 6.45) is 1.26. The highest BCUT2D eigenvalue weighted by Crippen LogP contribution is 2.16. The zero-order valence-corrected chi connectivity index (χ0v) is 8.80. The van der Waals surface area contributed by atoms with E-state index in [0.717, 1.165) is 31.1 Å². The molecule has 2 atom stereocenters. The van der Waals surface area contributed by atoms with Crippen LogP contribution in [0.15, 0.2) is 0 Å². The number of nitrogens with zero attached hydrogens (tertiary/aromatic N) is 1. The largest absolute Gasteiger partial charge is 0.314 e. The maximum Gasteiger partial charge on any atom is 0.0244 e. The molecule has 1 aliphatic heterocycles. The van der Waals surface area contributed by atoms with Crippen LogP contribution in [0.5, 0.6) is 0 Å². The quantitative estimate of drug-likeness (QED) is 0.672. The number of hydrogen-bond acceptors (Lipinski definition) is 2. The summed E-state index contributed by atoms with van der Waals surface area (Å²) in [5, 5.41) is 3.51. The van der Waals surface area contributed by atoms with Crippen LogP contribution in [0.3, 0.4) is 0 Å². The van der Waals surface area contributed by atoms with Crippen LogP contribution in [-0.2, 0) is 0 Å². The van der Waals surface area contributed by atoms with Crippen LogP contribution in [-0.4, -0.2) is 37.1 Å². The van der Waals surface area contributed by atoms with Gasteiger partial charge < -0.3 is 5.32 Å². The zero-order chi connectivity index (χ0) is 9.14. The van der Waals surface area contributed by atoms with E-state index in [-0.39, 0.29) is 0 Å². The lowest BCUT2D eigenvalue weighted by Gasteiger charge is -2.41. The normalized spacial score (nSPS) is 32.8. The fourth-order valence-corrected chi connectivity index (χ4v) is 2.09. The third-order valence-corrected chi connectivity index (χ3v) is 3.07. The lowest BCUT2D eigenvalue weighted by atomic mass is 9.97. The van der Waals surface area contributed by atoms with Crippen molar-refractivity contribution in [2.75, 3.05) is 20.1 Å². The van der Waals surface area contributed by atoms with E-state index in [9.17, 15) is 0 Å². The van der Waals surface area contributed by atoms with Crippen molar-refractivity contribution >= 4 is 0 Å². The highest BCUT2D eigenvalue weighted by Gasteiger charge is 2.27. The first-order chi connectivity index (χ1) is 5.66. The summed E-state index contributed by atoms with van der Waals surface area (Å²) in [4.78, 5) is 2.54. The molecule has 0 amide bonds. The molecule has 2 heteroatoms. The number of nitrogens with one attached hydrogen (secondary N) is 1. The van der Waals surface area contributed by atoms with Gasteiger partial charge in [0.2, 0.25) is 0 Å². The summed E-state index contributed by atoms with van der Waals surface area (Å²) in [6.45, 7) is 9.20. The topological polar surface area (TPSA) is 15.3 Å². The molecule has 12 heavy (non-hydrogen) atoms. The van der Waals surface area contributed by atoms with Crippen molar-refractivity contribution in [2.24, 2.45) is 5.92 Å². The summed E-state index contributed by atoms with van der Waals surface area (Å²) in [7, 11) is 2.26. The molecule has 1 unspecified atom stereocenters. The average molecular weight is 170 g/mol. The maximum absolute atomic E-state index is 3.51. The predicted molar refractivity (Wildman–Crippen MR) is 53.3 cm³/mol. The number of likely N-dealkylation sites (N-methyl/N-ethyl adjacent to an activating group) is 1. The zero-order valence-electron chi connectivity index (χ0n) is 8.80. The van der Waals surface area contributed by atoms with E-state index in [4.69, 9.17) is 0 Å². The third kappa shape index (κ3) is 1.99. The Balaban J connectivity index is 2.53. The van der Waals surface area contributed by atoms with Gasteiger partial charge in [0.05, 0.1) is 0 Å². The van der Waals surface area contributed by atoms with Crippen LogP contribution in [0.25, 0.3) is 0 Å². The van der Waals surface area contributed by atoms with Crippen molar-refractivity contribution in [3.8, 4) is 0 Å². The van der Waals surface area contributed by atoms with E-state index in [1.54, 1.807) is 0 Å². The van der Waals surface area contributed by atoms with Gasteiger partial charge in [0.15, 0.2) is 0 Å². The fraction of sp³-hybridized carbons (Fsp3) is 1.00. The van der Waals surface area contributed by atoms with Crippen LogP contribution < -0.4 is 5.32 Å². The van der Waals surface area contributed by atoms with Gasteiger partial charge in [0.25, 0.3) is 0 Å². The van der Waals surface area contributed by atoms with Gasteiger partial charge in [-0.15, -0.1) is 0 Å². The predicted octanol–water partition coefficient (Wildman–Crippen LogP) is 1.32. The van der Waals surface area contributed by atoms with E-state index in [1.165, 1.54) is 6.42 Å². The minimum atomic E-state index is 0.726. The fourth-order valence-electron chi connectivity index (χ4n) is 2.09. The molecule has 1 heterocycles. The second-order valence-electron chi connectivity index (χ2n) is 4.20. The highest BCUT2D eigenvalue weighted by molar-refractivity contribution is 4.85. The molecule has 0 spiro atoms. The molecule has 1 saturated heterocycles. The minimum Gasteiger partial charge on any atom is -0.314 e. The van der Waals surface area contributed by atoms with Crippen molar-refractivity contribution in [1.29, 1.82) is 0 Å². The standard InChI is InChI=1S/C10H22N2/c1-5-9-6-11-7-10(8(2)3)12(9)4/h8-11H,5-7H2,1-4H3/t9?,10-/m0/s1. The van der Waals surface area contributed by atoms with E-state index < -0.39 is 0 Å². The van der Waals surface area contributed by atoms with Gasteiger partial charge in [-0.05, 0) is 19.4 Å². The van der Waals surface area contributed by atoms with Crippen molar-refractivity contribution in [1.82, 2.24) is 10.2 Å². The number of hydrogen-bond donors (Lipinski definition) is 1. The van der Waals surface area contributed by atoms with E-state index in [0.29, 0.717) is 0 Å². The number of rotatable bonds is 2. The molecular weight excluding hydrogens is 148 g/mol. The monoisotopic (exact) mass is 170 g/mol. The smallest absolute Gasteiger partial charge is 0.0244 e. The number of piperazine rings is 1. The Hall–Kier alpha value is -0.0800. The summed E-state index contributed by atoms with van der Waals surface area (Å²) >= 11 is 0. The van der Waals surface area contributed by atoms with Crippen LogP contribution in [0.2, 0.25) is 0 Å². The molecular formula is C10H22N2. The van der Waals surface area contributed by atoms with E-state index in [2.05, 4.69) is 38.0 Å². The van der Waals surface area contributed by atoms with E-state index in [1.807, 2.05) is 0 Å². The molecule has 1 rings (SSSR count). The molecule has 72 valence electrons. The summed E-state index contributed by atoms with van der Waals surface area (Å²) in [6, 6.07) is 1.47. The second kappa shape index (κ2) is 4.24. The molecule has 0 radical (unpaired) electrons. The Labute approximate surface area is 76.3 Å². The summed E-state index contributed by atoms with van der Waals surface area (Å²) in [5.41, 5.74) is 0. The van der Waals surface area contributed by atoms with Gasteiger partial charge in [-0.3, -0.25) is 4.90 Å². The molecule has 0 saturated carbocycles. The van der Waals surface area contributed by atoms with Gasteiger partial charge in [-0.2, -0.15) is 0 Å². The second-order valence-corrected chi connectivity index (χ2v) is 4.20. The van der Waals surface area contributed by atoms with Crippen molar-refractivity contribution in [3.05, 3.63) is 0 Å². The van der Waals surface area contributed by atoms with E-state index >= 15 is 0 Å². The Morgan fingerprint density at radius 1 is 1.42 bits per heavy atom. The SMILES string of the molecule is CCC1CNC[C@@H](C(C)C)N1C. The minimum absolute atomic E-state index is 0.726. The van der Waals surface area contributed by atoms with Gasteiger partial charge in [-0.1, -0.05) is 20.8 Å². The lowest BCUT2D eigenvalue weighted by molar-refractivity contribution is 0.0955. The first-order valence-electron chi connectivity index (χ1n) is 5.09. The molecule has 0 aromatic heterocycles. The molecule has 1 fully saturated rings. The van der Waals surface area contributed by atoms with Crippen molar-refractivity contribution in [2.45, 2.75) is 39.3 Å². The van der Waals surface area contributed by atoms with Crippen LogP contribution >= 0.6 is 0 Å². The van der Waals surface area contributed by atoms with Crippen LogP contribution in [0.4, 0.5) is 0 Å². The van der Waals surface area contributed by atoms with Gasteiger partial charge >= 0.3 is 0 Å². The molecule has 0 aromatic carbocycles. The highest BCUT2D eigenvalue weighted by atomic mass is 15.2. The van der Waals surface area contributed by atoms with Gasteiger partial charge in [-0.25, -0.2) is 0 Å². The van der Waals surface area contributed by atoms with Gasteiger partial charge in [0.1, 0.15) is 0 Å². The Bertz CT molecular complexity index is 134. The summed E-state index contributed by atoms with van der Waals surface area (Å²) in [5.74, 6) is 0.761. The molecule has 0 bridgehead atoms. The first kappa shape index (κ1) is 10.0. The first-order valence-corrected chi connectivity index (χ1v) is 5.09. The van der Waals surface area contributed by atoms with Crippen LogP contribution in [0.1, 0.15) is 27.2 Å². The Morgan fingerprint density at radius 3 is 2.58 bits per heavy atom. The molecule has 0 aromatic rings. The Kier molecular flexibility index (Phi) is 3.53. The molecule has 2 nitrogen and oxygen atoms in total. The lowest BCUT2D eigenvalue weighted by Crippen LogP contribution is -2.57. The van der Waals surface area contributed by atoms with Gasteiger partial charge in [0, 0.05) is 25.2 Å². The molecule has 1 N–H and O–H groups in total.